The zero-order valence-electron chi connectivity index (χ0n) is 13.2. The molecule has 0 atom stereocenters. The van der Waals surface area contributed by atoms with Crippen LogP contribution in [0.1, 0.15) is 25.7 Å². The molecule has 1 aromatic rings. The zero-order chi connectivity index (χ0) is 16.7. The summed E-state index contributed by atoms with van der Waals surface area (Å²) in [6.07, 6.45) is 5.43. The molecule has 8 heteroatoms. The van der Waals surface area contributed by atoms with Gasteiger partial charge < -0.3 is 22.3 Å². The number of hydrogen-bond acceptors (Lipinski definition) is 4. The third kappa shape index (κ3) is 4.30. The van der Waals surface area contributed by atoms with Crippen molar-refractivity contribution in [1.82, 2.24) is 4.90 Å². The van der Waals surface area contributed by atoms with Crippen molar-refractivity contribution in [1.29, 1.82) is 0 Å². The molecule has 1 N–H and O–H groups in total. The van der Waals surface area contributed by atoms with E-state index in [4.69, 9.17) is 0 Å². The highest BCUT2D eigenvalue weighted by Gasteiger charge is 2.43. The third-order valence-electron chi connectivity index (χ3n) is 3.96. The van der Waals surface area contributed by atoms with E-state index in [0.29, 0.717) is 16.6 Å². The monoisotopic (exact) mass is 424 g/mol. The highest BCUT2D eigenvalue weighted by atomic mass is 79.9. The highest BCUT2D eigenvalue weighted by Crippen LogP contribution is 2.40. The maximum Gasteiger partial charge on any atom is 0.267 e. The summed E-state index contributed by atoms with van der Waals surface area (Å²) in [7, 11) is 0. The Kier molecular flexibility index (Phi) is 5.29. The van der Waals surface area contributed by atoms with Crippen LogP contribution in [0.3, 0.4) is 0 Å². The van der Waals surface area contributed by atoms with Crippen molar-refractivity contribution in [3.05, 3.63) is 41.1 Å². The Morgan fingerprint density at radius 2 is 1.92 bits per heavy atom. The number of benzene rings is 1. The van der Waals surface area contributed by atoms with Gasteiger partial charge in [0.2, 0.25) is 5.91 Å². The molecule has 0 unspecified atom stereocenters. The van der Waals surface area contributed by atoms with Gasteiger partial charge in [0.25, 0.3) is 5.91 Å². The Bertz CT molecular complexity index is 758. The molecule has 3 fully saturated rings. The number of amidine groups is 1. The van der Waals surface area contributed by atoms with Gasteiger partial charge in [-0.2, -0.15) is 0 Å². The predicted octanol–water partition coefficient (Wildman–Crippen LogP) is -0.0917. The number of nitrogens with one attached hydrogen (secondary N) is 1. The van der Waals surface area contributed by atoms with Crippen LogP contribution in [0.2, 0.25) is 0 Å². The average molecular weight is 425 g/mol. The smallest absolute Gasteiger partial charge is 0.267 e. The van der Waals surface area contributed by atoms with Gasteiger partial charge in [-0.25, -0.2) is 4.39 Å². The van der Waals surface area contributed by atoms with Crippen molar-refractivity contribution in [3.8, 4) is 0 Å². The summed E-state index contributed by atoms with van der Waals surface area (Å²) in [6.45, 7) is 0. The van der Waals surface area contributed by atoms with Crippen molar-refractivity contribution in [2.45, 2.75) is 37.8 Å². The average Bonchev–Trinajstić information content (AvgIpc) is 3.44. The summed E-state index contributed by atoms with van der Waals surface area (Å²) in [5.74, 6) is -0.911. The van der Waals surface area contributed by atoms with Gasteiger partial charge in [0, 0.05) is 17.8 Å². The molecule has 2 saturated carbocycles. The van der Waals surface area contributed by atoms with E-state index in [1.165, 1.54) is 42.1 Å². The summed E-state index contributed by atoms with van der Waals surface area (Å²) in [5, 5.41) is 3.37. The number of anilines is 1. The maximum atomic E-state index is 12.9. The molecule has 0 bridgehead atoms. The number of nitrogens with zero attached hydrogens (tertiary/aromatic N) is 2. The minimum Gasteiger partial charge on any atom is -1.00 e. The molecule has 3 aliphatic rings. The minimum atomic E-state index is -0.402. The Morgan fingerprint density at radius 1 is 1.24 bits per heavy atom. The summed E-state index contributed by atoms with van der Waals surface area (Å²) < 4.78 is 12.9. The number of thioether (sulfide) groups is 1. The number of aliphatic imine (C=N–C) groups is 1. The van der Waals surface area contributed by atoms with Crippen LogP contribution >= 0.6 is 11.8 Å². The largest absolute Gasteiger partial charge is 1.00 e. The van der Waals surface area contributed by atoms with Crippen molar-refractivity contribution in [2.75, 3.05) is 5.32 Å². The molecule has 2 amide bonds. The van der Waals surface area contributed by atoms with Crippen molar-refractivity contribution in [3.63, 3.8) is 0 Å². The molecule has 1 aromatic carbocycles. The highest BCUT2D eigenvalue weighted by molar-refractivity contribution is 8.18. The van der Waals surface area contributed by atoms with Crippen LogP contribution < -0.4 is 22.3 Å². The second-order valence-corrected chi connectivity index (χ2v) is 7.17. The molecule has 1 heterocycles. The Labute approximate surface area is 159 Å². The summed E-state index contributed by atoms with van der Waals surface area (Å²) in [5.41, 5.74) is 0.486. The lowest BCUT2D eigenvalue weighted by Gasteiger charge is -2.13. The molecular weight excluding hydrogens is 409 g/mol. The molecule has 0 radical (unpaired) electrons. The number of rotatable bonds is 4. The van der Waals surface area contributed by atoms with E-state index in [-0.39, 0.29) is 34.7 Å². The van der Waals surface area contributed by atoms with E-state index in [0.717, 1.165) is 30.9 Å². The van der Waals surface area contributed by atoms with Crippen LogP contribution in [0.15, 0.2) is 40.2 Å². The van der Waals surface area contributed by atoms with Gasteiger partial charge in [-0.15, -0.1) is 0 Å². The lowest BCUT2D eigenvalue weighted by Crippen LogP contribution is -3.00. The first-order valence-corrected chi connectivity index (χ1v) is 8.79. The van der Waals surface area contributed by atoms with Crippen molar-refractivity contribution in [2.24, 2.45) is 4.99 Å². The lowest BCUT2D eigenvalue weighted by atomic mass is 10.3. The number of carbonyl (C=O) groups is 2. The molecule has 25 heavy (non-hydrogen) atoms. The molecule has 2 aliphatic carbocycles. The van der Waals surface area contributed by atoms with Crippen LogP contribution in [0, 0.1) is 5.82 Å². The number of halogens is 2. The second-order valence-electron chi connectivity index (χ2n) is 6.16. The van der Waals surface area contributed by atoms with E-state index in [2.05, 4.69) is 10.3 Å². The fourth-order valence-electron chi connectivity index (χ4n) is 2.42. The van der Waals surface area contributed by atoms with E-state index < -0.39 is 5.91 Å². The van der Waals surface area contributed by atoms with Gasteiger partial charge in [-0.3, -0.25) is 19.5 Å². The standard InChI is InChI=1S/C17H16FN3O2S.BrH/c18-10-1-3-11(4-2-10)19-15(22)9-14-16(23)21(13-7-8-13)17(24-14)20-12-5-6-12;/h1-4,9,12-13H,5-8H2,(H,19,22);1H/p-1/b14-9-,20-17?;. The first kappa shape index (κ1) is 18.1. The predicted molar refractivity (Wildman–Crippen MR) is 91.0 cm³/mol. The van der Waals surface area contributed by atoms with Crippen molar-refractivity contribution >= 4 is 34.4 Å². The molecule has 132 valence electrons. The van der Waals surface area contributed by atoms with Gasteiger partial charge in [0.05, 0.1) is 10.9 Å². The van der Waals surface area contributed by atoms with Gasteiger partial charge in [-0.05, 0) is 61.7 Å². The number of hydrogen-bond donors (Lipinski definition) is 1. The quantitative estimate of drug-likeness (QED) is 0.687. The molecule has 1 saturated heterocycles. The molecule has 4 rings (SSSR count). The topological polar surface area (TPSA) is 61.8 Å². The third-order valence-corrected chi connectivity index (χ3v) is 4.96. The summed E-state index contributed by atoms with van der Waals surface area (Å²) >= 11 is 1.27. The number of amides is 2. The van der Waals surface area contributed by atoms with Gasteiger partial charge in [-0.1, -0.05) is 0 Å². The normalized spacial score (nSPS) is 23.1. The zero-order valence-corrected chi connectivity index (χ0v) is 15.6. The van der Waals surface area contributed by atoms with Crippen LogP contribution in [0.5, 0.6) is 0 Å². The summed E-state index contributed by atoms with van der Waals surface area (Å²) in [6, 6.07) is 6.06. The Morgan fingerprint density at radius 3 is 2.52 bits per heavy atom. The molecule has 5 nitrogen and oxygen atoms in total. The Balaban J connectivity index is 0.00000182. The molecule has 1 aliphatic heterocycles. The first-order chi connectivity index (χ1) is 11.6. The van der Waals surface area contributed by atoms with Crippen LogP contribution in [0.25, 0.3) is 0 Å². The van der Waals surface area contributed by atoms with E-state index >= 15 is 0 Å². The van der Waals surface area contributed by atoms with E-state index in [9.17, 15) is 14.0 Å². The van der Waals surface area contributed by atoms with Crippen LogP contribution in [0.4, 0.5) is 10.1 Å². The minimum absolute atomic E-state index is 0. The number of carbonyl (C=O) groups excluding carboxylic acids is 2. The van der Waals surface area contributed by atoms with Gasteiger partial charge >= 0.3 is 0 Å². The fourth-order valence-corrected chi connectivity index (χ4v) is 3.50. The van der Waals surface area contributed by atoms with Crippen LogP contribution in [-0.4, -0.2) is 34.0 Å². The molecule has 0 spiro atoms. The fraction of sp³-hybridized carbons (Fsp3) is 0.353. The SMILES string of the molecule is O=C(/C=C1\SC(=NC2CC2)N(C2CC2)C1=O)Nc1ccc(F)cc1.[Br-]. The summed E-state index contributed by atoms with van der Waals surface area (Å²) in [4.78, 5) is 31.4. The van der Waals surface area contributed by atoms with Gasteiger partial charge in [0.1, 0.15) is 5.82 Å². The Hall–Kier alpha value is -1.67. The second kappa shape index (κ2) is 7.29. The molecule has 0 aromatic heterocycles. The van der Waals surface area contributed by atoms with E-state index in [1.807, 2.05) is 0 Å². The van der Waals surface area contributed by atoms with Crippen LogP contribution in [-0.2, 0) is 9.59 Å². The lowest BCUT2D eigenvalue weighted by molar-refractivity contribution is -0.123. The van der Waals surface area contributed by atoms with Gasteiger partial charge in [0.15, 0.2) is 5.17 Å². The maximum absolute atomic E-state index is 12.9. The van der Waals surface area contributed by atoms with Crippen molar-refractivity contribution < 1.29 is 31.0 Å². The first-order valence-electron chi connectivity index (χ1n) is 7.97. The molecular formula is C17H16BrFN3O2S-. The van der Waals surface area contributed by atoms with E-state index in [1.54, 1.807) is 4.90 Å².